The number of hydrogen-bond donors (Lipinski definition) is 0. The molecule has 4 aliphatic rings. The molecule has 1 saturated carbocycles. The Morgan fingerprint density at radius 2 is 2.21 bits per heavy atom. The third-order valence-corrected chi connectivity index (χ3v) is 8.14. The minimum absolute atomic E-state index is 0.0332. The van der Waals surface area contributed by atoms with Crippen molar-refractivity contribution in [3.8, 4) is 0 Å². The standard InChI is InChI=1S/C24H31F3N2O4/c1-31-20-14-32-6-3-16(20)8-15-9-21-23(11-15,4-7-33-21)22(30)29-5-2-19-17(13-29)10-18(12-28-19)24(25,26)27/h10,12,15-16,20-21H,2-9,11,13-14H2,1H3/t15-,16?,20?,21-,23-/m1/s1. The normalized spacial score (nSPS) is 34.2. The molecule has 5 atom stereocenters. The van der Waals surface area contributed by atoms with Crippen molar-refractivity contribution in [1.82, 2.24) is 9.88 Å². The molecule has 3 aliphatic heterocycles. The number of pyridine rings is 1. The second-order valence-electron chi connectivity index (χ2n) is 10.0. The second kappa shape index (κ2) is 8.82. The van der Waals surface area contributed by atoms with Gasteiger partial charge in [0.15, 0.2) is 0 Å². The van der Waals surface area contributed by atoms with Crippen molar-refractivity contribution in [2.75, 3.05) is 33.5 Å². The molecule has 1 aliphatic carbocycles. The fourth-order valence-electron chi connectivity index (χ4n) is 6.43. The zero-order chi connectivity index (χ0) is 23.2. The Kier molecular flexibility index (Phi) is 6.16. The van der Waals surface area contributed by atoms with Gasteiger partial charge in [0.1, 0.15) is 0 Å². The van der Waals surface area contributed by atoms with E-state index in [4.69, 9.17) is 14.2 Å². The van der Waals surface area contributed by atoms with Crippen LogP contribution in [0.3, 0.4) is 0 Å². The lowest BCUT2D eigenvalue weighted by atomic mass is 9.78. The highest BCUT2D eigenvalue weighted by atomic mass is 19.4. The summed E-state index contributed by atoms with van der Waals surface area (Å²) in [5.41, 5.74) is -0.180. The SMILES string of the molecule is COC1COCCC1C[C@@H]1C[C@H]2OCC[C@@]2(C(=O)N2CCc3ncc(C(F)(F)F)cc3C2)C1. The Bertz CT molecular complexity index is 895. The molecule has 0 N–H and O–H groups in total. The number of fused-ring (bicyclic) bond motifs is 2. The quantitative estimate of drug-likeness (QED) is 0.676. The zero-order valence-electron chi connectivity index (χ0n) is 18.9. The number of halogens is 3. The van der Waals surface area contributed by atoms with E-state index in [0.29, 0.717) is 55.7 Å². The zero-order valence-corrected chi connectivity index (χ0v) is 18.9. The molecule has 0 spiro atoms. The highest BCUT2D eigenvalue weighted by Crippen LogP contribution is 2.53. The van der Waals surface area contributed by atoms with Gasteiger partial charge in [0.05, 0.1) is 29.8 Å². The largest absolute Gasteiger partial charge is 0.417 e. The van der Waals surface area contributed by atoms with Gasteiger partial charge in [0.25, 0.3) is 0 Å². The van der Waals surface area contributed by atoms with Crippen LogP contribution in [0.2, 0.25) is 0 Å². The first-order valence-electron chi connectivity index (χ1n) is 11.9. The van der Waals surface area contributed by atoms with Gasteiger partial charge in [0, 0.05) is 51.7 Å². The summed E-state index contributed by atoms with van der Waals surface area (Å²) < 4.78 is 56.7. The molecule has 6 nitrogen and oxygen atoms in total. The predicted octanol–water partition coefficient (Wildman–Crippen LogP) is 3.61. The summed E-state index contributed by atoms with van der Waals surface area (Å²) in [6, 6.07) is 1.15. The molecule has 1 aromatic rings. The summed E-state index contributed by atoms with van der Waals surface area (Å²) in [7, 11) is 1.72. The van der Waals surface area contributed by atoms with E-state index >= 15 is 0 Å². The van der Waals surface area contributed by atoms with Crippen LogP contribution in [0.1, 0.15) is 48.9 Å². The van der Waals surface area contributed by atoms with Crippen LogP contribution in [0.4, 0.5) is 13.2 Å². The molecule has 33 heavy (non-hydrogen) atoms. The maximum atomic E-state index is 13.8. The molecule has 9 heteroatoms. The van der Waals surface area contributed by atoms with Crippen LogP contribution >= 0.6 is 0 Å². The fourth-order valence-corrected chi connectivity index (χ4v) is 6.43. The Balaban J connectivity index is 1.31. The number of aromatic nitrogens is 1. The van der Waals surface area contributed by atoms with Crippen molar-refractivity contribution < 1.29 is 32.2 Å². The first-order chi connectivity index (χ1) is 15.8. The number of alkyl halides is 3. The molecular weight excluding hydrogens is 437 g/mol. The molecular formula is C24H31F3N2O4. The van der Waals surface area contributed by atoms with Crippen molar-refractivity contribution in [3.05, 3.63) is 29.1 Å². The average molecular weight is 469 g/mol. The van der Waals surface area contributed by atoms with Gasteiger partial charge < -0.3 is 19.1 Å². The summed E-state index contributed by atoms with van der Waals surface area (Å²) in [5.74, 6) is 0.815. The third-order valence-electron chi connectivity index (χ3n) is 8.14. The van der Waals surface area contributed by atoms with E-state index in [1.807, 2.05) is 0 Å². The van der Waals surface area contributed by atoms with Crippen molar-refractivity contribution in [2.24, 2.45) is 17.3 Å². The molecule has 1 amide bonds. The number of rotatable bonds is 4. The van der Waals surface area contributed by atoms with Gasteiger partial charge in [-0.2, -0.15) is 13.2 Å². The molecule has 182 valence electrons. The van der Waals surface area contributed by atoms with Crippen LogP contribution in [0.25, 0.3) is 0 Å². The average Bonchev–Trinajstić information content (AvgIpc) is 3.35. The van der Waals surface area contributed by atoms with Gasteiger partial charge in [-0.05, 0) is 55.6 Å². The summed E-state index contributed by atoms with van der Waals surface area (Å²) in [5, 5.41) is 0. The molecule has 0 aromatic carbocycles. The molecule has 0 radical (unpaired) electrons. The molecule has 5 rings (SSSR count). The smallest absolute Gasteiger partial charge is 0.379 e. The number of methoxy groups -OCH3 is 1. The Morgan fingerprint density at radius 1 is 1.36 bits per heavy atom. The lowest BCUT2D eigenvalue weighted by Gasteiger charge is -2.37. The number of ether oxygens (including phenoxy) is 3. The van der Waals surface area contributed by atoms with E-state index < -0.39 is 17.2 Å². The molecule has 1 aromatic heterocycles. The number of hydrogen-bond acceptors (Lipinski definition) is 5. The van der Waals surface area contributed by atoms with Gasteiger partial charge in [-0.15, -0.1) is 0 Å². The first-order valence-corrected chi connectivity index (χ1v) is 11.9. The van der Waals surface area contributed by atoms with Gasteiger partial charge in [-0.3, -0.25) is 9.78 Å². The summed E-state index contributed by atoms with van der Waals surface area (Å²) in [6.45, 7) is 2.57. The molecule has 4 heterocycles. The summed E-state index contributed by atoms with van der Waals surface area (Å²) >= 11 is 0. The van der Waals surface area contributed by atoms with E-state index in [0.717, 1.165) is 44.6 Å². The Labute approximate surface area is 191 Å². The fraction of sp³-hybridized carbons (Fsp3) is 0.750. The Morgan fingerprint density at radius 3 is 3.00 bits per heavy atom. The monoisotopic (exact) mass is 468 g/mol. The first kappa shape index (κ1) is 23.1. The summed E-state index contributed by atoms with van der Waals surface area (Å²) in [4.78, 5) is 19.6. The van der Waals surface area contributed by atoms with Gasteiger partial charge >= 0.3 is 6.18 Å². The van der Waals surface area contributed by atoms with E-state index in [1.54, 1.807) is 12.0 Å². The highest BCUT2D eigenvalue weighted by Gasteiger charge is 2.57. The highest BCUT2D eigenvalue weighted by molar-refractivity contribution is 5.84. The molecule has 2 unspecified atom stereocenters. The van der Waals surface area contributed by atoms with E-state index in [1.165, 1.54) is 0 Å². The van der Waals surface area contributed by atoms with Gasteiger partial charge in [0.2, 0.25) is 5.91 Å². The number of nitrogens with zero attached hydrogens (tertiary/aromatic N) is 2. The minimum atomic E-state index is -4.44. The lowest BCUT2D eigenvalue weighted by Crippen LogP contribution is -2.48. The van der Waals surface area contributed by atoms with E-state index in [9.17, 15) is 18.0 Å². The number of amides is 1. The topological polar surface area (TPSA) is 60.9 Å². The van der Waals surface area contributed by atoms with E-state index in [2.05, 4.69) is 4.98 Å². The van der Waals surface area contributed by atoms with Crippen molar-refractivity contribution in [2.45, 2.75) is 63.5 Å². The maximum absolute atomic E-state index is 13.8. The van der Waals surface area contributed by atoms with Gasteiger partial charge in [-0.25, -0.2) is 0 Å². The van der Waals surface area contributed by atoms with Crippen molar-refractivity contribution in [3.63, 3.8) is 0 Å². The predicted molar refractivity (Wildman–Crippen MR) is 112 cm³/mol. The molecule has 0 bridgehead atoms. The number of carbonyl (C=O) groups is 1. The maximum Gasteiger partial charge on any atom is 0.417 e. The number of carbonyl (C=O) groups excluding carboxylic acids is 1. The van der Waals surface area contributed by atoms with Crippen LogP contribution in [-0.4, -0.2) is 61.5 Å². The van der Waals surface area contributed by atoms with Crippen LogP contribution in [0.15, 0.2) is 12.3 Å². The Hall–Kier alpha value is -1.71. The van der Waals surface area contributed by atoms with Crippen molar-refractivity contribution >= 4 is 5.91 Å². The summed E-state index contributed by atoms with van der Waals surface area (Å²) in [6.07, 6.45) is 1.13. The van der Waals surface area contributed by atoms with Crippen molar-refractivity contribution in [1.29, 1.82) is 0 Å². The third kappa shape index (κ3) is 4.28. The second-order valence-corrected chi connectivity index (χ2v) is 10.0. The molecule has 2 saturated heterocycles. The van der Waals surface area contributed by atoms with Gasteiger partial charge in [-0.1, -0.05) is 0 Å². The van der Waals surface area contributed by atoms with Crippen LogP contribution < -0.4 is 0 Å². The molecule has 3 fully saturated rings. The lowest BCUT2D eigenvalue weighted by molar-refractivity contribution is -0.145. The van der Waals surface area contributed by atoms with Crippen LogP contribution in [0.5, 0.6) is 0 Å². The van der Waals surface area contributed by atoms with Crippen LogP contribution in [-0.2, 0) is 38.1 Å². The van der Waals surface area contributed by atoms with E-state index in [-0.39, 0.29) is 24.7 Å². The van der Waals surface area contributed by atoms with Crippen LogP contribution in [0, 0.1) is 17.3 Å². The minimum Gasteiger partial charge on any atom is -0.379 e.